The first-order valence-corrected chi connectivity index (χ1v) is 13.4. The molecule has 1 aliphatic rings. The second-order valence-electron chi connectivity index (χ2n) is 8.91. The second kappa shape index (κ2) is 10.3. The molecular weight excluding hydrogens is 462 g/mol. The van der Waals surface area contributed by atoms with Crippen molar-refractivity contribution in [1.29, 1.82) is 0 Å². The van der Waals surface area contributed by atoms with Gasteiger partial charge in [-0.3, -0.25) is 4.79 Å². The van der Waals surface area contributed by atoms with Crippen LogP contribution in [-0.4, -0.2) is 37.9 Å². The predicted octanol–water partition coefficient (Wildman–Crippen LogP) is 6.09. The van der Waals surface area contributed by atoms with E-state index in [-0.39, 0.29) is 27.8 Å². The standard InChI is InChI=1S/C25H32ClNO5S/c1-4-6-12-25(5-2)16-27(19-10-8-7-9-11-19)21-14-20(26)22(32-18(3)13-24(28)29)15-23(21)33(30,31)17-25/h7-11,14-15,18H,4-6,12-13,16-17H2,1-3H3,(H,28,29)/t18?,25-/m0/s1. The highest BCUT2D eigenvalue weighted by Crippen LogP contribution is 2.46. The van der Waals surface area contributed by atoms with Crippen LogP contribution in [0.5, 0.6) is 5.75 Å². The number of para-hydroxylation sites is 1. The summed E-state index contributed by atoms with van der Waals surface area (Å²) in [4.78, 5) is 13.3. The Bertz CT molecular complexity index is 1090. The first-order chi connectivity index (χ1) is 15.6. The van der Waals surface area contributed by atoms with Crippen molar-refractivity contribution in [3.63, 3.8) is 0 Å². The minimum atomic E-state index is -3.66. The molecule has 2 aromatic rings. The average molecular weight is 494 g/mol. The minimum Gasteiger partial charge on any atom is -0.489 e. The number of hydrogen-bond acceptors (Lipinski definition) is 5. The van der Waals surface area contributed by atoms with Crippen LogP contribution in [-0.2, 0) is 14.6 Å². The fourth-order valence-corrected chi connectivity index (χ4v) is 6.84. The van der Waals surface area contributed by atoms with Gasteiger partial charge in [-0.1, -0.05) is 56.5 Å². The molecule has 33 heavy (non-hydrogen) atoms. The normalized spacial score (nSPS) is 20.5. The Morgan fingerprint density at radius 2 is 1.94 bits per heavy atom. The van der Waals surface area contributed by atoms with E-state index in [0.29, 0.717) is 12.2 Å². The summed E-state index contributed by atoms with van der Waals surface area (Å²) in [5, 5.41) is 9.29. The summed E-state index contributed by atoms with van der Waals surface area (Å²) in [5.41, 5.74) is 1.01. The number of benzene rings is 2. The Morgan fingerprint density at radius 3 is 2.55 bits per heavy atom. The lowest BCUT2D eigenvalue weighted by Gasteiger charge is -2.36. The molecule has 2 aromatic carbocycles. The van der Waals surface area contributed by atoms with E-state index in [1.165, 1.54) is 6.07 Å². The van der Waals surface area contributed by atoms with Crippen molar-refractivity contribution in [3.8, 4) is 5.75 Å². The number of unbranched alkanes of at least 4 members (excludes halogenated alkanes) is 1. The zero-order valence-electron chi connectivity index (χ0n) is 19.4. The van der Waals surface area contributed by atoms with E-state index < -0.39 is 27.3 Å². The molecule has 0 fully saturated rings. The van der Waals surface area contributed by atoms with E-state index in [2.05, 4.69) is 18.7 Å². The van der Waals surface area contributed by atoms with Crippen LogP contribution in [0.4, 0.5) is 11.4 Å². The van der Waals surface area contributed by atoms with Gasteiger partial charge in [0.05, 0.1) is 27.8 Å². The molecule has 1 N–H and O–H groups in total. The van der Waals surface area contributed by atoms with Crippen LogP contribution in [0.2, 0.25) is 5.02 Å². The van der Waals surface area contributed by atoms with Crippen LogP contribution in [0.15, 0.2) is 47.4 Å². The van der Waals surface area contributed by atoms with Crippen molar-refractivity contribution in [2.45, 2.75) is 63.9 Å². The number of carbonyl (C=O) groups is 1. The van der Waals surface area contributed by atoms with Crippen molar-refractivity contribution in [2.75, 3.05) is 17.2 Å². The molecule has 0 saturated heterocycles. The van der Waals surface area contributed by atoms with Crippen molar-refractivity contribution in [2.24, 2.45) is 5.41 Å². The van der Waals surface area contributed by atoms with E-state index in [1.54, 1.807) is 13.0 Å². The molecule has 6 nitrogen and oxygen atoms in total. The van der Waals surface area contributed by atoms with E-state index >= 15 is 0 Å². The molecule has 0 radical (unpaired) electrons. The molecule has 1 unspecified atom stereocenters. The monoisotopic (exact) mass is 493 g/mol. The van der Waals surface area contributed by atoms with Gasteiger partial charge < -0.3 is 14.7 Å². The third-order valence-corrected chi connectivity index (χ3v) is 8.58. The van der Waals surface area contributed by atoms with Gasteiger partial charge in [0.15, 0.2) is 9.84 Å². The highest BCUT2D eigenvalue weighted by Gasteiger charge is 2.42. The molecule has 1 aliphatic heterocycles. The lowest BCUT2D eigenvalue weighted by atomic mass is 9.81. The number of sulfone groups is 1. The largest absolute Gasteiger partial charge is 0.489 e. The van der Waals surface area contributed by atoms with Gasteiger partial charge in [0.2, 0.25) is 0 Å². The van der Waals surface area contributed by atoms with Crippen molar-refractivity contribution >= 4 is 38.8 Å². The average Bonchev–Trinajstić information content (AvgIpc) is 2.85. The van der Waals surface area contributed by atoms with Gasteiger partial charge in [-0.15, -0.1) is 0 Å². The Balaban J connectivity index is 2.17. The van der Waals surface area contributed by atoms with E-state index in [9.17, 15) is 13.2 Å². The second-order valence-corrected chi connectivity index (χ2v) is 11.3. The molecule has 180 valence electrons. The fourth-order valence-electron chi connectivity index (χ4n) is 4.46. The number of carboxylic acids is 1. The number of ether oxygens (including phenoxy) is 1. The summed E-state index contributed by atoms with van der Waals surface area (Å²) in [6, 6.07) is 12.8. The van der Waals surface area contributed by atoms with Crippen LogP contribution in [0, 0.1) is 5.41 Å². The molecule has 8 heteroatoms. The molecule has 0 amide bonds. The van der Waals surface area contributed by atoms with Gasteiger partial charge in [0.1, 0.15) is 11.9 Å². The molecule has 1 heterocycles. The zero-order chi connectivity index (χ0) is 24.2. The minimum absolute atomic E-state index is 0.0403. The van der Waals surface area contributed by atoms with Crippen LogP contribution >= 0.6 is 11.6 Å². The number of carboxylic acid groups (broad SMARTS) is 1. The number of aliphatic carboxylic acids is 1. The smallest absolute Gasteiger partial charge is 0.307 e. The van der Waals surface area contributed by atoms with Crippen molar-refractivity contribution < 1.29 is 23.1 Å². The number of halogens is 1. The zero-order valence-corrected chi connectivity index (χ0v) is 21.0. The van der Waals surface area contributed by atoms with Gasteiger partial charge in [-0.05, 0) is 38.0 Å². The molecule has 0 bridgehead atoms. The third-order valence-electron chi connectivity index (χ3n) is 6.30. The maximum Gasteiger partial charge on any atom is 0.307 e. The van der Waals surface area contributed by atoms with Gasteiger partial charge in [0.25, 0.3) is 0 Å². The van der Waals surface area contributed by atoms with Crippen molar-refractivity contribution in [3.05, 3.63) is 47.5 Å². The topological polar surface area (TPSA) is 83.9 Å². The number of anilines is 2. The van der Waals surface area contributed by atoms with Crippen LogP contribution in [0.1, 0.15) is 52.9 Å². The van der Waals surface area contributed by atoms with Crippen LogP contribution in [0.3, 0.4) is 0 Å². The molecule has 2 atom stereocenters. The van der Waals surface area contributed by atoms with Gasteiger partial charge in [-0.25, -0.2) is 8.42 Å². The number of nitrogens with zero attached hydrogens (tertiary/aromatic N) is 1. The summed E-state index contributed by atoms with van der Waals surface area (Å²) < 4.78 is 33.2. The van der Waals surface area contributed by atoms with Gasteiger partial charge >= 0.3 is 5.97 Å². The highest BCUT2D eigenvalue weighted by molar-refractivity contribution is 7.91. The van der Waals surface area contributed by atoms with E-state index in [4.69, 9.17) is 21.4 Å². The SMILES string of the molecule is CCCC[C@@]1(CC)CN(c2ccccc2)c2cc(Cl)c(OC(C)CC(=O)O)cc2S(=O)(=O)C1. The van der Waals surface area contributed by atoms with Crippen LogP contribution in [0.25, 0.3) is 0 Å². The third kappa shape index (κ3) is 5.82. The lowest BCUT2D eigenvalue weighted by Crippen LogP contribution is -2.37. The molecule has 0 spiro atoms. The maximum atomic E-state index is 13.7. The Hall–Kier alpha value is -2.25. The molecular formula is C25H32ClNO5S. The summed E-state index contributed by atoms with van der Waals surface area (Å²) in [7, 11) is -3.66. The summed E-state index contributed by atoms with van der Waals surface area (Å²) in [6.07, 6.45) is 2.61. The maximum absolute atomic E-state index is 13.7. The molecule has 0 aliphatic carbocycles. The van der Waals surface area contributed by atoms with Crippen LogP contribution < -0.4 is 9.64 Å². The first-order valence-electron chi connectivity index (χ1n) is 11.4. The first kappa shape index (κ1) is 25.4. The Morgan fingerprint density at radius 1 is 1.24 bits per heavy atom. The highest BCUT2D eigenvalue weighted by atomic mass is 35.5. The lowest BCUT2D eigenvalue weighted by molar-refractivity contribution is -0.138. The fraction of sp³-hybridized carbons (Fsp3) is 0.480. The van der Waals surface area contributed by atoms with E-state index in [0.717, 1.165) is 31.4 Å². The number of rotatable bonds is 9. The van der Waals surface area contributed by atoms with Crippen molar-refractivity contribution in [1.82, 2.24) is 0 Å². The molecule has 0 saturated carbocycles. The van der Waals surface area contributed by atoms with Gasteiger partial charge in [-0.2, -0.15) is 0 Å². The summed E-state index contributed by atoms with van der Waals surface area (Å²) in [6.45, 7) is 6.35. The Kier molecular flexibility index (Phi) is 7.96. The van der Waals surface area contributed by atoms with E-state index in [1.807, 2.05) is 30.3 Å². The van der Waals surface area contributed by atoms with Gasteiger partial charge in [0, 0.05) is 23.7 Å². The predicted molar refractivity (Wildman–Crippen MR) is 132 cm³/mol. The molecule has 3 rings (SSSR count). The Labute approximate surface area is 201 Å². The summed E-state index contributed by atoms with van der Waals surface area (Å²) >= 11 is 6.54. The summed E-state index contributed by atoms with van der Waals surface area (Å²) in [5.74, 6) is -0.781. The number of fused-ring (bicyclic) bond motifs is 1. The molecule has 0 aromatic heterocycles. The quantitative estimate of drug-likeness (QED) is 0.454. The number of hydrogen-bond donors (Lipinski definition) is 1.